The van der Waals surface area contributed by atoms with Crippen LogP contribution in [0.15, 0.2) is 36.5 Å². The molecular weight excluding hydrogens is 234 g/mol. The van der Waals surface area contributed by atoms with Crippen LogP contribution in [-0.4, -0.2) is 17.0 Å². The molecule has 0 aliphatic heterocycles. The molecule has 1 unspecified atom stereocenters. The van der Waals surface area contributed by atoms with Crippen molar-refractivity contribution in [3.8, 4) is 0 Å². The Balaban J connectivity index is 2.04. The molecule has 0 aliphatic carbocycles. The van der Waals surface area contributed by atoms with E-state index in [0.717, 1.165) is 24.4 Å². The van der Waals surface area contributed by atoms with E-state index >= 15 is 0 Å². The second-order valence-corrected chi connectivity index (χ2v) is 4.82. The molecule has 1 aromatic heterocycles. The number of rotatable bonds is 5. The molecule has 0 aliphatic rings. The molecule has 3 nitrogen and oxygen atoms in total. The minimum absolute atomic E-state index is 0.295. The van der Waals surface area contributed by atoms with Gasteiger partial charge in [0.25, 0.3) is 0 Å². The third-order valence-electron chi connectivity index (χ3n) is 3.45. The fourth-order valence-electron chi connectivity index (χ4n) is 2.13. The van der Waals surface area contributed by atoms with Crippen LogP contribution in [-0.2, 0) is 12.8 Å². The average molecular weight is 255 g/mol. The summed E-state index contributed by atoms with van der Waals surface area (Å²) in [5.41, 5.74) is 3.57. The topological polar surface area (TPSA) is 37.8 Å². The molecule has 0 spiro atoms. The van der Waals surface area contributed by atoms with Crippen LogP contribution in [0.3, 0.4) is 0 Å². The van der Waals surface area contributed by atoms with Gasteiger partial charge in [0.1, 0.15) is 5.82 Å². The number of aryl methyl sites for hydroxylation is 3. The van der Waals surface area contributed by atoms with Gasteiger partial charge in [-0.05, 0) is 32.9 Å². The van der Waals surface area contributed by atoms with Crippen LogP contribution in [0.5, 0.6) is 0 Å². The summed E-state index contributed by atoms with van der Waals surface area (Å²) < 4.78 is 0. The molecule has 100 valence electrons. The number of hydrogen-bond acceptors (Lipinski definition) is 3. The van der Waals surface area contributed by atoms with E-state index in [-0.39, 0.29) is 0 Å². The first-order chi connectivity index (χ1) is 9.20. The number of nitrogens with one attached hydrogen (secondary N) is 1. The van der Waals surface area contributed by atoms with Crippen molar-refractivity contribution in [2.75, 3.05) is 7.05 Å². The molecule has 19 heavy (non-hydrogen) atoms. The Hall–Kier alpha value is -1.74. The Morgan fingerprint density at radius 3 is 2.53 bits per heavy atom. The average Bonchev–Trinajstić information content (AvgIpc) is 2.45. The fraction of sp³-hybridized carbons (Fsp3) is 0.375. The van der Waals surface area contributed by atoms with Crippen molar-refractivity contribution >= 4 is 0 Å². The first-order valence-corrected chi connectivity index (χ1v) is 6.74. The molecule has 0 radical (unpaired) electrons. The molecule has 0 saturated carbocycles. The highest BCUT2D eigenvalue weighted by molar-refractivity contribution is 5.20. The van der Waals surface area contributed by atoms with Crippen LogP contribution < -0.4 is 5.32 Å². The Labute approximate surface area is 115 Å². The fourth-order valence-corrected chi connectivity index (χ4v) is 2.13. The van der Waals surface area contributed by atoms with Gasteiger partial charge < -0.3 is 5.32 Å². The van der Waals surface area contributed by atoms with Crippen molar-refractivity contribution in [1.82, 2.24) is 15.3 Å². The van der Waals surface area contributed by atoms with Crippen molar-refractivity contribution in [3.63, 3.8) is 0 Å². The maximum atomic E-state index is 4.61. The second kappa shape index (κ2) is 6.43. The Morgan fingerprint density at radius 2 is 1.89 bits per heavy atom. The zero-order valence-corrected chi connectivity index (χ0v) is 11.9. The van der Waals surface area contributed by atoms with E-state index in [0.29, 0.717) is 6.04 Å². The number of benzene rings is 1. The van der Waals surface area contributed by atoms with Gasteiger partial charge in [-0.2, -0.15) is 0 Å². The predicted molar refractivity (Wildman–Crippen MR) is 78.1 cm³/mol. The van der Waals surface area contributed by atoms with E-state index in [1.165, 1.54) is 11.1 Å². The summed E-state index contributed by atoms with van der Waals surface area (Å²) in [4.78, 5) is 9.08. The first-order valence-electron chi connectivity index (χ1n) is 6.74. The van der Waals surface area contributed by atoms with Crippen molar-refractivity contribution in [3.05, 3.63) is 59.2 Å². The van der Waals surface area contributed by atoms with Gasteiger partial charge in [0.15, 0.2) is 0 Å². The lowest BCUT2D eigenvalue weighted by molar-refractivity contribution is 0.637. The van der Waals surface area contributed by atoms with Gasteiger partial charge in [0, 0.05) is 29.9 Å². The summed E-state index contributed by atoms with van der Waals surface area (Å²) in [7, 11) is 1.95. The molecule has 0 bridgehead atoms. The van der Waals surface area contributed by atoms with Crippen LogP contribution in [0.1, 0.15) is 35.6 Å². The van der Waals surface area contributed by atoms with E-state index in [1.54, 1.807) is 0 Å². The van der Waals surface area contributed by atoms with E-state index in [1.807, 2.05) is 19.3 Å². The lowest BCUT2D eigenvalue weighted by Crippen LogP contribution is -2.15. The SMILES string of the molecule is CNC(C)c1cnc(CCc2ccccc2)nc1C. The monoisotopic (exact) mass is 255 g/mol. The Bertz CT molecular complexity index is 523. The molecule has 1 atom stereocenters. The largest absolute Gasteiger partial charge is 0.313 e. The molecule has 2 rings (SSSR count). The van der Waals surface area contributed by atoms with Gasteiger partial charge in [-0.1, -0.05) is 30.3 Å². The van der Waals surface area contributed by atoms with Crippen molar-refractivity contribution in [2.24, 2.45) is 0 Å². The lowest BCUT2D eigenvalue weighted by atomic mass is 10.1. The molecular formula is C16H21N3. The summed E-state index contributed by atoms with van der Waals surface area (Å²) in [6, 6.07) is 10.8. The highest BCUT2D eigenvalue weighted by Crippen LogP contribution is 2.14. The third kappa shape index (κ3) is 3.61. The molecule has 1 aromatic carbocycles. The van der Waals surface area contributed by atoms with Crippen LogP contribution in [0.4, 0.5) is 0 Å². The highest BCUT2D eigenvalue weighted by Gasteiger charge is 2.09. The van der Waals surface area contributed by atoms with E-state index in [2.05, 4.69) is 53.4 Å². The minimum Gasteiger partial charge on any atom is -0.313 e. The molecule has 0 fully saturated rings. The smallest absolute Gasteiger partial charge is 0.128 e. The zero-order chi connectivity index (χ0) is 13.7. The Kier molecular flexibility index (Phi) is 4.63. The summed E-state index contributed by atoms with van der Waals surface area (Å²) in [5, 5.41) is 3.22. The van der Waals surface area contributed by atoms with Crippen LogP contribution in [0, 0.1) is 6.92 Å². The van der Waals surface area contributed by atoms with E-state index < -0.39 is 0 Å². The maximum absolute atomic E-state index is 4.61. The Morgan fingerprint density at radius 1 is 1.16 bits per heavy atom. The van der Waals surface area contributed by atoms with Crippen LogP contribution in [0.2, 0.25) is 0 Å². The highest BCUT2D eigenvalue weighted by atomic mass is 14.9. The normalized spacial score (nSPS) is 12.4. The molecule has 1 N–H and O–H groups in total. The lowest BCUT2D eigenvalue weighted by Gasteiger charge is -2.13. The predicted octanol–water partition coefficient (Wildman–Crippen LogP) is 2.85. The van der Waals surface area contributed by atoms with E-state index in [4.69, 9.17) is 0 Å². The summed E-state index contributed by atoms with van der Waals surface area (Å²) in [6.07, 6.45) is 3.82. The standard InChI is InChI=1S/C16H21N3/c1-12(17-3)15-11-18-16(19-13(15)2)10-9-14-7-5-4-6-8-14/h4-8,11-12,17H,9-10H2,1-3H3. The van der Waals surface area contributed by atoms with E-state index in [9.17, 15) is 0 Å². The summed E-state index contributed by atoms with van der Waals surface area (Å²) in [5.74, 6) is 0.924. The van der Waals surface area contributed by atoms with Gasteiger partial charge in [-0.3, -0.25) is 0 Å². The van der Waals surface area contributed by atoms with Crippen molar-refractivity contribution in [2.45, 2.75) is 32.7 Å². The number of nitrogens with zero attached hydrogens (tertiary/aromatic N) is 2. The van der Waals surface area contributed by atoms with Crippen molar-refractivity contribution in [1.29, 1.82) is 0 Å². The van der Waals surface area contributed by atoms with Gasteiger partial charge in [0.2, 0.25) is 0 Å². The first kappa shape index (κ1) is 13.7. The molecule has 0 saturated heterocycles. The van der Waals surface area contributed by atoms with Crippen LogP contribution in [0.25, 0.3) is 0 Å². The molecule has 3 heteroatoms. The summed E-state index contributed by atoms with van der Waals surface area (Å²) >= 11 is 0. The minimum atomic E-state index is 0.295. The van der Waals surface area contributed by atoms with Gasteiger partial charge in [-0.25, -0.2) is 9.97 Å². The van der Waals surface area contributed by atoms with Crippen LogP contribution >= 0.6 is 0 Å². The summed E-state index contributed by atoms with van der Waals surface area (Å²) in [6.45, 7) is 4.17. The van der Waals surface area contributed by atoms with Gasteiger partial charge >= 0.3 is 0 Å². The van der Waals surface area contributed by atoms with Crippen molar-refractivity contribution < 1.29 is 0 Å². The maximum Gasteiger partial charge on any atom is 0.128 e. The molecule has 2 aromatic rings. The van der Waals surface area contributed by atoms with Gasteiger partial charge in [0.05, 0.1) is 0 Å². The second-order valence-electron chi connectivity index (χ2n) is 4.82. The molecule has 1 heterocycles. The quantitative estimate of drug-likeness (QED) is 0.892. The number of hydrogen-bond donors (Lipinski definition) is 1. The molecule has 0 amide bonds. The number of aromatic nitrogens is 2. The zero-order valence-electron chi connectivity index (χ0n) is 11.9. The third-order valence-corrected chi connectivity index (χ3v) is 3.45. The van der Waals surface area contributed by atoms with Gasteiger partial charge in [-0.15, -0.1) is 0 Å².